The van der Waals surface area contributed by atoms with Crippen LogP contribution in [0.15, 0.2) is 35.1 Å². The first-order chi connectivity index (χ1) is 14.2. The highest BCUT2D eigenvalue weighted by Crippen LogP contribution is 2.37. The lowest BCUT2D eigenvalue weighted by molar-refractivity contribution is 0.689. The number of H-pyrrole nitrogens is 2. The van der Waals surface area contributed by atoms with Crippen molar-refractivity contribution in [2.45, 2.75) is 39.5 Å². The van der Waals surface area contributed by atoms with E-state index in [0.29, 0.717) is 5.69 Å². The Labute approximate surface area is 168 Å². The van der Waals surface area contributed by atoms with Gasteiger partial charge in [-0.15, -0.1) is 0 Å². The maximum absolute atomic E-state index is 11.6. The minimum Gasteiger partial charge on any atom is -0.398 e. The first kappa shape index (κ1) is 18.9. The van der Waals surface area contributed by atoms with E-state index in [0.717, 1.165) is 64.4 Å². The molecule has 0 unspecified atom stereocenters. The van der Waals surface area contributed by atoms with Gasteiger partial charge >= 0.3 is 5.69 Å². The van der Waals surface area contributed by atoms with Crippen LogP contribution in [0.5, 0.6) is 0 Å². The van der Waals surface area contributed by atoms with E-state index in [2.05, 4.69) is 9.97 Å². The Kier molecular flexibility index (Phi) is 4.92. The van der Waals surface area contributed by atoms with Gasteiger partial charge in [0.15, 0.2) is 0 Å². The van der Waals surface area contributed by atoms with E-state index < -0.39 is 0 Å². The molecule has 0 bridgehead atoms. The second-order valence-corrected chi connectivity index (χ2v) is 7.07. The number of imidazole rings is 1. The molecule has 5 rings (SSSR count). The van der Waals surface area contributed by atoms with Crippen molar-refractivity contribution >= 4 is 33.8 Å². The number of benzene rings is 2. The molecule has 0 spiro atoms. The van der Waals surface area contributed by atoms with Gasteiger partial charge in [-0.2, -0.15) is 0 Å². The number of aromatic amines is 2. The number of anilines is 1. The van der Waals surface area contributed by atoms with Crippen molar-refractivity contribution in [3.05, 3.63) is 57.5 Å². The van der Waals surface area contributed by atoms with Gasteiger partial charge in [0.1, 0.15) is 0 Å². The van der Waals surface area contributed by atoms with Crippen LogP contribution in [0.3, 0.4) is 0 Å². The monoisotopic (exact) mass is 387 g/mol. The summed E-state index contributed by atoms with van der Waals surface area (Å²) in [5, 5.41) is 8.84. The molecule has 0 saturated heterocycles. The molecule has 2 heterocycles. The van der Waals surface area contributed by atoms with Crippen LogP contribution >= 0.6 is 0 Å². The molecule has 5 N–H and O–H groups in total. The summed E-state index contributed by atoms with van der Waals surface area (Å²) in [6.45, 7) is 4.00. The van der Waals surface area contributed by atoms with Crippen molar-refractivity contribution < 1.29 is 0 Å². The standard InChI is InChI=1S/C21H19N5O.C2H6/c22-10-14-15(23)6-8-17-19(14)12-3-1-2-4-13(12)20(24-17)11-5-7-16-18(9-11)26-21(27)25-16;1-2/h5-10,22H,1-4,23H2,(H2,25,26,27);1-2H3. The summed E-state index contributed by atoms with van der Waals surface area (Å²) in [7, 11) is 0. The third-order valence-electron chi connectivity index (χ3n) is 5.48. The number of nitrogens with one attached hydrogen (secondary N) is 3. The highest BCUT2D eigenvalue weighted by atomic mass is 16.1. The third kappa shape index (κ3) is 3.10. The van der Waals surface area contributed by atoms with Crippen molar-refractivity contribution in [3.8, 4) is 11.3 Å². The van der Waals surface area contributed by atoms with Gasteiger partial charge in [-0.1, -0.05) is 19.9 Å². The fourth-order valence-electron chi connectivity index (χ4n) is 4.24. The van der Waals surface area contributed by atoms with Crippen LogP contribution in [-0.2, 0) is 12.8 Å². The molecule has 148 valence electrons. The van der Waals surface area contributed by atoms with E-state index in [-0.39, 0.29) is 5.69 Å². The van der Waals surface area contributed by atoms with Gasteiger partial charge in [0.25, 0.3) is 0 Å². The molecule has 0 aliphatic heterocycles. The molecule has 0 amide bonds. The van der Waals surface area contributed by atoms with E-state index in [1.165, 1.54) is 17.3 Å². The Bertz CT molecular complexity index is 1280. The highest BCUT2D eigenvalue weighted by Gasteiger charge is 2.21. The van der Waals surface area contributed by atoms with E-state index in [1.807, 2.05) is 44.2 Å². The van der Waals surface area contributed by atoms with Crippen LogP contribution in [-0.4, -0.2) is 21.2 Å². The van der Waals surface area contributed by atoms with E-state index in [4.69, 9.17) is 16.1 Å². The second-order valence-electron chi connectivity index (χ2n) is 7.07. The summed E-state index contributed by atoms with van der Waals surface area (Å²) in [6.07, 6.45) is 5.52. The largest absolute Gasteiger partial charge is 0.398 e. The van der Waals surface area contributed by atoms with Crippen LogP contribution in [0.2, 0.25) is 0 Å². The smallest absolute Gasteiger partial charge is 0.323 e. The number of pyridine rings is 1. The summed E-state index contributed by atoms with van der Waals surface area (Å²) in [6, 6.07) is 9.65. The molecular formula is C23H25N5O. The van der Waals surface area contributed by atoms with E-state index in [1.54, 1.807) is 0 Å². The summed E-state index contributed by atoms with van der Waals surface area (Å²) >= 11 is 0. The molecule has 29 heavy (non-hydrogen) atoms. The quantitative estimate of drug-likeness (QED) is 0.299. The maximum atomic E-state index is 11.6. The van der Waals surface area contributed by atoms with Gasteiger partial charge < -0.3 is 21.1 Å². The van der Waals surface area contributed by atoms with Crippen molar-refractivity contribution in [2.24, 2.45) is 0 Å². The van der Waals surface area contributed by atoms with Gasteiger partial charge in [-0.05, 0) is 61.1 Å². The number of hydrogen-bond acceptors (Lipinski definition) is 4. The molecule has 2 aromatic carbocycles. The Morgan fingerprint density at radius 3 is 2.52 bits per heavy atom. The topological polar surface area (TPSA) is 111 Å². The zero-order valence-electron chi connectivity index (χ0n) is 16.7. The van der Waals surface area contributed by atoms with Crippen LogP contribution < -0.4 is 11.4 Å². The minimum absolute atomic E-state index is 0.207. The van der Waals surface area contributed by atoms with Gasteiger partial charge in [-0.3, -0.25) is 0 Å². The number of hydrogen-bond donors (Lipinski definition) is 4. The Balaban J connectivity index is 0.000000994. The van der Waals surface area contributed by atoms with Gasteiger partial charge in [0.2, 0.25) is 0 Å². The van der Waals surface area contributed by atoms with Crippen LogP contribution in [0.25, 0.3) is 33.2 Å². The van der Waals surface area contributed by atoms with E-state index >= 15 is 0 Å². The minimum atomic E-state index is -0.207. The number of aromatic nitrogens is 3. The fourth-order valence-corrected chi connectivity index (χ4v) is 4.24. The Hall–Kier alpha value is -3.41. The third-order valence-corrected chi connectivity index (χ3v) is 5.48. The van der Waals surface area contributed by atoms with Crippen molar-refractivity contribution in [2.75, 3.05) is 5.73 Å². The summed E-state index contributed by atoms with van der Waals surface area (Å²) < 4.78 is 0. The maximum Gasteiger partial charge on any atom is 0.323 e. The summed E-state index contributed by atoms with van der Waals surface area (Å²) in [5.74, 6) is 0. The van der Waals surface area contributed by atoms with Crippen LogP contribution in [0.1, 0.15) is 43.4 Å². The zero-order valence-corrected chi connectivity index (χ0v) is 16.7. The van der Waals surface area contributed by atoms with E-state index in [9.17, 15) is 4.79 Å². The van der Waals surface area contributed by atoms with Crippen molar-refractivity contribution in [1.82, 2.24) is 15.0 Å². The van der Waals surface area contributed by atoms with Crippen LogP contribution in [0.4, 0.5) is 5.69 Å². The number of nitrogens with zero attached hydrogens (tertiary/aromatic N) is 1. The Morgan fingerprint density at radius 1 is 1.03 bits per heavy atom. The number of nitrogen functional groups attached to an aromatic ring is 1. The number of fused-ring (bicyclic) bond motifs is 4. The number of rotatable bonds is 2. The Morgan fingerprint density at radius 2 is 1.76 bits per heavy atom. The fraction of sp³-hybridized carbons (Fsp3) is 0.261. The predicted molar refractivity (Wildman–Crippen MR) is 120 cm³/mol. The average Bonchev–Trinajstić information content (AvgIpc) is 3.13. The summed E-state index contributed by atoms with van der Waals surface area (Å²) in [4.78, 5) is 22.2. The first-order valence-electron chi connectivity index (χ1n) is 10.1. The first-order valence-corrected chi connectivity index (χ1v) is 10.1. The average molecular weight is 387 g/mol. The predicted octanol–water partition coefficient (Wildman–Crippen LogP) is 4.56. The molecule has 0 atom stereocenters. The lowest BCUT2D eigenvalue weighted by Gasteiger charge is -2.22. The summed E-state index contributed by atoms with van der Waals surface area (Å²) in [5.41, 5.74) is 14.2. The van der Waals surface area contributed by atoms with Gasteiger partial charge in [0, 0.05) is 28.4 Å². The van der Waals surface area contributed by atoms with Gasteiger partial charge in [0.05, 0.1) is 22.2 Å². The molecule has 1 aliphatic carbocycles. The lowest BCUT2D eigenvalue weighted by Crippen LogP contribution is -2.09. The molecule has 6 nitrogen and oxygen atoms in total. The molecule has 0 saturated carbocycles. The molecule has 1 aliphatic rings. The number of nitrogens with two attached hydrogens (primary N) is 1. The zero-order chi connectivity index (χ0) is 20.5. The molecule has 6 heteroatoms. The highest BCUT2D eigenvalue weighted by molar-refractivity contribution is 6.05. The molecule has 2 aromatic heterocycles. The number of aryl methyl sites for hydroxylation is 1. The molecule has 4 aromatic rings. The second kappa shape index (κ2) is 7.54. The molecular weight excluding hydrogens is 362 g/mol. The SMILES string of the molecule is CC.N=Cc1c(N)ccc2nc(-c3ccc4[nH]c(=O)[nH]c4c3)c3c(c12)CCCC3. The lowest BCUT2D eigenvalue weighted by atomic mass is 9.85. The van der Waals surface area contributed by atoms with Crippen molar-refractivity contribution in [1.29, 1.82) is 5.41 Å². The normalized spacial score (nSPS) is 13.0. The molecule has 0 radical (unpaired) electrons. The van der Waals surface area contributed by atoms with Crippen molar-refractivity contribution in [3.63, 3.8) is 0 Å². The van der Waals surface area contributed by atoms with Gasteiger partial charge in [-0.25, -0.2) is 9.78 Å². The molecule has 0 fully saturated rings. The van der Waals surface area contributed by atoms with Crippen LogP contribution in [0, 0.1) is 5.41 Å².